The number of hydrogen-bond acceptors (Lipinski definition) is 4. The highest BCUT2D eigenvalue weighted by Crippen LogP contribution is 2.12. The molecule has 108 valence electrons. The third kappa shape index (κ3) is 4.48. The van der Waals surface area contributed by atoms with E-state index in [1.165, 1.54) is 37.3 Å². The molecule has 8 heteroatoms. The summed E-state index contributed by atoms with van der Waals surface area (Å²) in [4.78, 5) is 20.9. The maximum atomic E-state index is 11.8. The quantitative estimate of drug-likeness (QED) is 0.659. The van der Waals surface area contributed by atoms with Crippen molar-refractivity contribution in [2.45, 2.75) is 17.9 Å². The number of carbonyl (C=O) groups is 2. The number of rotatable bonds is 6. The van der Waals surface area contributed by atoms with Crippen molar-refractivity contribution in [3.63, 3.8) is 0 Å². The summed E-state index contributed by atoms with van der Waals surface area (Å²) in [5.74, 6) is -2.40. The molecule has 0 saturated carbocycles. The summed E-state index contributed by atoms with van der Waals surface area (Å²) in [5, 5.41) is 17.1. The summed E-state index contributed by atoms with van der Waals surface area (Å²) in [5.41, 5.74) is 0.512. The van der Waals surface area contributed by atoms with E-state index in [-0.39, 0.29) is 4.90 Å². The van der Waals surface area contributed by atoms with Crippen molar-refractivity contribution in [2.75, 3.05) is 0 Å². The maximum Gasteiger partial charge on any atom is 0.328 e. The molecule has 0 fully saturated rings. The fraction of sp³-hybridized carbons (Fsp3) is 0.167. The molecule has 3 N–H and O–H groups in total. The SMILES string of the molecule is C[C@H](NS(=O)(=O)c1ccc(/C=C/C(=O)O)cc1)C(=O)O. The van der Waals surface area contributed by atoms with E-state index >= 15 is 0 Å². The van der Waals surface area contributed by atoms with E-state index in [1.54, 1.807) is 0 Å². The Labute approximate surface area is 115 Å². The van der Waals surface area contributed by atoms with Crippen LogP contribution in [-0.2, 0) is 19.6 Å². The maximum absolute atomic E-state index is 11.8. The predicted molar refractivity (Wildman–Crippen MR) is 70.5 cm³/mol. The fourth-order valence-electron chi connectivity index (χ4n) is 1.28. The van der Waals surface area contributed by atoms with E-state index in [0.717, 1.165) is 6.08 Å². The average molecular weight is 299 g/mol. The summed E-state index contributed by atoms with van der Waals surface area (Å²) in [6.07, 6.45) is 2.24. The van der Waals surface area contributed by atoms with Crippen LogP contribution in [0.3, 0.4) is 0 Å². The van der Waals surface area contributed by atoms with E-state index in [0.29, 0.717) is 5.56 Å². The summed E-state index contributed by atoms with van der Waals surface area (Å²) in [7, 11) is -3.92. The first-order valence-corrected chi connectivity index (χ1v) is 6.97. The van der Waals surface area contributed by atoms with Crippen molar-refractivity contribution in [1.29, 1.82) is 0 Å². The molecule has 0 heterocycles. The number of hydrogen-bond donors (Lipinski definition) is 3. The number of carboxylic acid groups (broad SMARTS) is 2. The van der Waals surface area contributed by atoms with Gasteiger partial charge in [0.2, 0.25) is 10.0 Å². The zero-order chi connectivity index (χ0) is 15.3. The van der Waals surface area contributed by atoms with Crippen LogP contribution >= 0.6 is 0 Å². The topological polar surface area (TPSA) is 121 Å². The molecule has 0 unspecified atom stereocenters. The number of carboxylic acids is 2. The highest BCUT2D eigenvalue weighted by molar-refractivity contribution is 7.89. The Balaban J connectivity index is 2.92. The minimum atomic E-state index is -3.92. The van der Waals surface area contributed by atoms with E-state index in [9.17, 15) is 18.0 Å². The van der Waals surface area contributed by atoms with Crippen LogP contribution in [0.2, 0.25) is 0 Å². The lowest BCUT2D eigenvalue weighted by atomic mass is 10.2. The Morgan fingerprint density at radius 3 is 2.20 bits per heavy atom. The van der Waals surface area contributed by atoms with Crippen LogP contribution in [0.1, 0.15) is 12.5 Å². The highest BCUT2D eigenvalue weighted by Gasteiger charge is 2.21. The van der Waals surface area contributed by atoms with Gasteiger partial charge in [0, 0.05) is 6.08 Å². The van der Waals surface area contributed by atoms with Gasteiger partial charge >= 0.3 is 11.9 Å². The monoisotopic (exact) mass is 299 g/mol. The van der Waals surface area contributed by atoms with Crippen molar-refractivity contribution in [3.05, 3.63) is 35.9 Å². The van der Waals surface area contributed by atoms with Gasteiger partial charge in [-0.25, -0.2) is 13.2 Å². The third-order valence-corrected chi connectivity index (χ3v) is 3.87. The first-order chi connectivity index (χ1) is 9.22. The molecule has 1 rings (SSSR count). The number of aliphatic carboxylic acids is 2. The van der Waals surface area contributed by atoms with Crippen molar-refractivity contribution < 1.29 is 28.2 Å². The number of nitrogens with one attached hydrogen (secondary N) is 1. The Morgan fingerprint density at radius 1 is 1.20 bits per heavy atom. The molecule has 0 aliphatic heterocycles. The van der Waals surface area contributed by atoms with E-state index in [2.05, 4.69) is 0 Å². The molecular formula is C12H13NO6S. The first-order valence-electron chi connectivity index (χ1n) is 5.48. The lowest BCUT2D eigenvalue weighted by molar-refractivity contribution is -0.138. The molecule has 0 saturated heterocycles. The van der Waals surface area contributed by atoms with Gasteiger partial charge < -0.3 is 10.2 Å². The molecule has 0 bridgehead atoms. The van der Waals surface area contributed by atoms with E-state index in [1.807, 2.05) is 4.72 Å². The smallest absolute Gasteiger partial charge is 0.328 e. The van der Waals surface area contributed by atoms with Gasteiger partial charge in [0.15, 0.2) is 0 Å². The minimum absolute atomic E-state index is 0.0990. The van der Waals surface area contributed by atoms with Crippen LogP contribution in [0, 0.1) is 0 Å². The molecule has 1 aromatic rings. The van der Waals surface area contributed by atoms with Crippen molar-refractivity contribution in [1.82, 2.24) is 4.72 Å². The van der Waals surface area contributed by atoms with Crippen molar-refractivity contribution >= 4 is 28.0 Å². The van der Waals surface area contributed by atoms with E-state index < -0.39 is 28.0 Å². The molecule has 0 amide bonds. The summed E-state index contributed by atoms with van der Waals surface area (Å²) >= 11 is 0. The Hall–Kier alpha value is -2.19. The molecule has 0 aliphatic rings. The van der Waals surface area contributed by atoms with Gasteiger partial charge in [-0.1, -0.05) is 12.1 Å². The standard InChI is InChI=1S/C12H13NO6S/c1-8(12(16)17)13-20(18,19)10-5-2-9(3-6-10)4-7-11(14)15/h2-8,13H,1H3,(H,14,15)(H,16,17)/b7-4+/t8-/m0/s1. The number of benzene rings is 1. The van der Waals surface area contributed by atoms with Crippen LogP contribution in [-0.4, -0.2) is 36.6 Å². The Bertz CT molecular complexity index is 632. The lowest BCUT2D eigenvalue weighted by Crippen LogP contribution is -2.38. The second-order valence-corrected chi connectivity index (χ2v) is 5.64. The molecule has 0 aromatic heterocycles. The molecule has 1 aromatic carbocycles. The second-order valence-electron chi connectivity index (χ2n) is 3.92. The largest absolute Gasteiger partial charge is 0.480 e. The molecule has 0 radical (unpaired) electrons. The number of sulfonamides is 1. The van der Waals surface area contributed by atoms with Crippen molar-refractivity contribution in [3.8, 4) is 0 Å². The molecule has 1 atom stereocenters. The van der Waals surface area contributed by atoms with Crippen molar-refractivity contribution in [2.24, 2.45) is 0 Å². The van der Waals surface area contributed by atoms with Gasteiger partial charge in [-0.15, -0.1) is 0 Å². The summed E-state index contributed by atoms with van der Waals surface area (Å²) in [6.45, 7) is 1.21. The second kappa shape index (κ2) is 6.31. The fourth-order valence-corrected chi connectivity index (χ4v) is 2.47. The van der Waals surface area contributed by atoms with Crippen LogP contribution < -0.4 is 4.72 Å². The first kappa shape index (κ1) is 15.9. The zero-order valence-corrected chi connectivity index (χ0v) is 11.3. The minimum Gasteiger partial charge on any atom is -0.480 e. The molecule has 0 aliphatic carbocycles. The Kier molecular flexibility index (Phi) is 5.00. The average Bonchev–Trinajstić information content (AvgIpc) is 2.36. The zero-order valence-electron chi connectivity index (χ0n) is 10.5. The van der Waals surface area contributed by atoms with Gasteiger partial charge in [0.05, 0.1) is 4.90 Å². The highest BCUT2D eigenvalue weighted by atomic mass is 32.2. The van der Waals surface area contributed by atoms with Crippen LogP contribution in [0.15, 0.2) is 35.2 Å². The van der Waals surface area contributed by atoms with Gasteiger partial charge in [-0.2, -0.15) is 4.72 Å². The van der Waals surface area contributed by atoms with Crippen LogP contribution in [0.5, 0.6) is 0 Å². The predicted octanol–water partition coefficient (Wildman–Crippen LogP) is 0.536. The molecule has 7 nitrogen and oxygen atoms in total. The third-order valence-electron chi connectivity index (χ3n) is 2.31. The lowest BCUT2D eigenvalue weighted by Gasteiger charge is -2.10. The van der Waals surface area contributed by atoms with Gasteiger partial charge in [0.25, 0.3) is 0 Å². The van der Waals surface area contributed by atoms with Gasteiger partial charge in [-0.05, 0) is 30.7 Å². The van der Waals surface area contributed by atoms with Gasteiger partial charge in [0.1, 0.15) is 6.04 Å². The summed E-state index contributed by atoms with van der Waals surface area (Å²) in [6, 6.07) is 4.11. The molecule has 0 spiro atoms. The molecule has 20 heavy (non-hydrogen) atoms. The normalized spacial score (nSPS) is 13.2. The van der Waals surface area contributed by atoms with Crippen LogP contribution in [0.25, 0.3) is 6.08 Å². The summed E-state index contributed by atoms with van der Waals surface area (Å²) < 4.78 is 25.7. The Morgan fingerprint density at radius 2 is 1.75 bits per heavy atom. The van der Waals surface area contributed by atoms with Crippen LogP contribution in [0.4, 0.5) is 0 Å². The van der Waals surface area contributed by atoms with Gasteiger partial charge in [-0.3, -0.25) is 4.79 Å². The van der Waals surface area contributed by atoms with E-state index in [4.69, 9.17) is 10.2 Å². The molecular weight excluding hydrogens is 286 g/mol.